The molecule has 0 aliphatic heterocycles. The van der Waals surface area contributed by atoms with E-state index in [-0.39, 0.29) is 12.5 Å². The van der Waals surface area contributed by atoms with Crippen molar-refractivity contribution < 1.29 is 4.79 Å². The summed E-state index contributed by atoms with van der Waals surface area (Å²) in [4.78, 5) is 16.2. The van der Waals surface area contributed by atoms with Gasteiger partial charge in [0.2, 0.25) is 0 Å². The third-order valence-electron chi connectivity index (χ3n) is 2.68. The average molecular weight is 265 g/mol. The Kier molecular flexibility index (Phi) is 4.48. The molecule has 4 nitrogen and oxygen atoms in total. The summed E-state index contributed by atoms with van der Waals surface area (Å²) in [5.41, 5.74) is 8.35. The number of pyridine rings is 1. The number of amides is 1. The number of hydrogen-bond donors (Lipinski definition) is 2. The molecule has 0 saturated carbocycles. The second kappa shape index (κ2) is 6.50. The zero-order valence-electron chi connectivity index (χ0n) is 11.2. The van der Waals surface area contributed by atoms with Gasteiger partial charge in [0, 0.05) is 23.6 Å². The van der Waals surface area contributed by atoms with Gasteiger partial charge in [0.1, 0.15) is 0 Å². The summed E-state index contributed by atoms with van der Waals surface area (Å²) in [5.74, 6) is 5.51. The molecule has 0 spiro atoms. The first kappa shape index (κ1) is 13.8. The molecule has 0 unspecified atom stereocenters. The molecule has 0 saturated heterocycles. The fraction of sp³-hybridized carbons (Fsp3) is 0.125. The molecule has 2 rings (SSSR count). The Bertz CT molecular complexity index is 669. The van der Waals surface area contributed by atoms with E-state index in [0.29, 0.717) is 16.8 Å². The standard InChI is InChI=1S/C16H15N3O/c1-12-4-5-15(13(11-12)3-2-8-17)16(20)19-14-6-9-18-10-7-14/h4-7,9-11H,8,17H2,1H3,(H,18,19,20). The van der Waals surface area contributed by atoms with E-state index >= 15 is 0 Å². The van der Waals surface area contributed by atoms with Crippen LogP contribution in [0.15, 0.2) is 42.7 Å². The van der Waals surface area contributed by atoms with E-state index in [1.165, 1.54) is 0 Å². The van der Waals surface area contributed by atoms with Gasteiger partial charge < -0.3 is 11.1 Å². The molecule has 1 aromatic heterocycles. The first-order valence-electron chi connectivity index (χ1n) is 6.21. The second-order valence-electron chi connectivity index (χ2n) is 4.24. The number of nitrogens with zero attached hydrogens (tertiary/aromatic N) is 1. The number of anilines is 1. The Morgan fingerprint density at radius 1 is 1.30 bits per heavy atom. The van der Waals surface area contributed by atoms with E-state index < -0.39 is 0 Å². The summed E-state index contributed by atoms with van der Waals surface area (Å²) in [7, 11) is 0. The lowest BCUT2D eigenvalue weighted by molar-refractivity contribution is 0.102. The fourth-order valence-electron chi connectivity index (χ4n) is 1.74. The monoisotopic (exact) mass is 265 g/mol. The van der Waals surface area contributed by atoms with Gasteiger partial charge in [-0.1, -0.05) is 17.9 Å². The van der Waals surface area contributed by atoms with Crippen molar-refractivity contribution in [3.8, 4) is 11.8 Å². The van der Waals surface area contributed by atoms with E-state index in [2.05, 4.69) is 22.1 Å². The van der Waals surface area contributed by atoms with Gasteiger partial charge in [0.25, 0.3) is 5.91 Å². The molecular formula is C16H15N3O. The minimum absolute atomic E-state index is 0.197. The minimum Gasteiger partial charge on any atom is -0.322 e. The summed E-state index contributed by atoms with van der Waals surface area (Å²) >= 11 is 0. The first-order valence-corrected chi connectivity index (χ1v) is 6.21. The molecule has 0 radical (unpaired) electrons. The number of aryl methyl sites for hydroxylation is 1. The summed E-state index contributed by atoms with van der Waals surface area (Å²) < 4.78 is 0. The topological polar surface area (TPSA) is 68.0 Å². The van der Waals surface area contributed by atoms with Crippen molar-refractivity contribution in [1.82, 2.24) is 4.98 Å². The number of carbonyl (C=O) groups excluding carboxylic acids is 1. The van der Waals surface area contributed by atoms with Crippen molar-refractivity contribution in [1.29, 1.82) is 0 Å². The highest BCUT2D eigenvalue weighted by molar-refractivity contribution is 6.06. The molecular weight excluding hydrogens is 250 g/mol. The van der Waals surface area contributed by atoms with Gasteiger partial charge in [0.15, 0.2) is 0 Å². The largest absolute Gasteiger partial charge is 0.322 e. The van der Waals surface area contributed by atoms with E-state index in [9.17, 15) is 4.79 Å². The Hall–Kier alpha value is -2.64. The van der Waals surface area contributed by atoms with Crippen molar-refractivity contribution in [2.75, 3.05) is 11.9 Å². The summed E-state index contributed by atoms with van der Waals surface area (Å²) in [6, 6.07) is 9.00. The van der Waals surface area contributed by atoms with Crippen LogP contribution in [0.5, 0.6) is 0 Å². The third kappa shape index (κ3) is 3.44. The van der Waals surface area contributed by atoms with Gasteiger partial charge in [0.05, 0.1) is 12.1 Å². The van der Waals surface area contributed by atoms with Crippen LogP contribution in [0.2, 0.25) is 0 Å². The van der Waals surface area contributed by atoms with Crippen LogP contribution in [0, 0.1) is 18.8 Å². The SMILES string of the molecule is Cc1ccc(C(=O)Nc2ccncc2)c(C#CCN)c1. The fourth-order valence-corrected chi connectivity index (χ4v) is 1.74. The molecule has 0 atom stereocenters. The Labute approximate surface area is 118 Å². The summed E-state index contributed by atoms with van der Waals surface area (Å²) in [6.45, 7) is 2.22. The van der Waals surface area contributed by atoms with E-state index in [0.717, 1.165) is 5.56 Å². The zero-order chi connectivity index (χ0) is 14.4. The molecule has 2 aromatic rings. The van der Waals surface area contributed by atoms with Gasteiger partial charge in [-0.15, -0.1) is 0 Å². The number of aromatic nitrogens is 1. The van der Waals surface area contributed by atoms with Gasteiger partial charge >= 0.3 is 0 Å². The predicted molar refractivity (Wildman–Crippen MR) is 79.3 cm³/mol. The number of hydrogen-bond acceptors (Lipinski definition) is 3. The summed E-state index contributed by atoms with van der Waals surface area (Å²) in [5, 5.41) is 2.82. The molecule has 3 N–H and O–H groups in total. The molecule has 0 fully saturated rings. The van der Waals surface area contributed by atoms with Crippen molar-refractivity contribution in [2.45, 2.75) is 6.92 Å². The lowest BCUT2D eigenvalue weighted by atomic mass is 10.0. The number of nitrogens with two attached hydrogens (primary N) is 1. The maximum atomic E-state index is 12.3. The normalized spacial score (nSPS) is 9.50. The third-order valence-corrected chi connectivity index (χ3v) is 2.68. The molecule has 1 heterocycles. The summed E-state index contributed by atoms with van der Waals surface area (Å²) in [6.07, 6.45) is 3.25. The molecule has 0 aliphatic rings. The van der Waals surface area contributed by atoms with Crippen LogP contribution in [-0.4, -0.2) is 17.4 Å². The molecule has 1 amide bonds. The number of benzene rings is 1. The maximum absolute atomic E-state index is 12.3. The number of carbonyl (C=O) groups is 1. The van der Waals surface area contributed by atoms with E-state index in [1.54, 1.807) is 30.6 Å². The molecule has 1 aromatic carbocycles. The molecule has 0 aliphatic carbocycles. The first-order chi connectivity index (χ1) is 9.70. The van der Waals surface area contributed by atoms with Crippen LogP contribution in [-0.2, 0) is 0 Å². The Morgan fingerprint density at radius 3 is 2.75 bits per heavy atom. The van der Waals surface area contributed by atoms with Crippen molar-refractivity contribution in [3.63, 3.8) is 0 Å². The van der Waals surface area contributed by atoms with E-state index in [1.807, 2.05) is 19.1 Å². The van der Waals surface area contributed by atoms with Crippen LogP contribution in [0.1, 0.15) is 21.5 Å². The predicted octanol–water partition coefficient (Wildman–Crippen LogP) is 1.95. The highest BCUT2D eigenvalue weighted by Crippen LogP contribution is 2.13. The van der Waals surface area contributed by atoms with E-state index in [4.69, 9.17) is 5.73 Å². The molecule has 0 bridgehead atoms. The minimum atomic E-state index is -0.197. The average Bonchev–Trinajstić information content (AvgIpc) is 2.46. The molecule has 20 heavy (non-hydrogen) atoms. The molecule has 100 valence electrons. The number of nitrogens with one attached hydrogen (secondary N) is 1. The Morgan fingerprint density at radius 2 is 2.05 bits per heavy atom. The highest BCUT2D eigenvalue weighted by atomic mass is 16.1. The van der Waals surface area contributed by atoms with Crippen molar-refractivity contribution in [3.05, 3.63) is 59.4 Å². The van der Waals surface area contributed by atoms with Crippen LogP contribution in [0.3, 0.4) is 0 Å². The molecule has 4 heteroatoms. The van der Waals surface area contributed by atoms with Gasteiger partial charge in [-0.05, 0) is 36.8 Å². The maximum Gasteiger partial charge on any atom is 0.256 e. The smallest absolute Gasteiger partial charge is 0.256 e. The highest BCUT2D eigenvalue weighted by Gasteiger charge is 2.10. The lowest BCUT2D eigenvalue weighted by Gasteiger charge is -2.07. The van der Waals surface area contributed by atoms with Gasteiger partial charge in [-0.3, -0.25) is 9.78 Å². The van der Waals surface area contributed by atoms with Crippen LogP contribution < -0.4 is 11.1 Å². The quantitative estimate of drug-likeness (QED) is 0.815. The Balaban J connectivity index is 2.30. The number of rotatable bonds is 2. The lowest BCUT2D eigenvalue weighted by Crippen LogP contribution is -2.13. The van der Waals surface area contributed by atoms with Crippen molar-refractivity contribution >= 4 is 11.6 Å². The van der Waals surface area contributed by atoms with Crippen LogP contribution in [0.25, 0.3) is 0 Å². The van der Waals surface area contributed by atoms with Crippen molar-refractivity contribution in [2.24, 2.45) is 5.73 Å². The zero-order valence-corrected chi connectivity index (χ0v) is 11.2. The van der Waals surface area contributed by atoms with Crippen LogP contribution >= 0.6 is 0 Å². The van der Waals surface area contributed by atoms with Crippen LogP contribution in [0.4, 0.5) is 5.69 Å². The second-order valence-corrected chi connectivity index (χ2v) is 4.24. The van der Waals surface area contributed by atoms with Gasteiger partial charge in [-0.2, -0.15) is 0 Å². The van der Waals surface area contributed by atoms with Gasteiger partial charge in [-0.25, -0.2) is 0 Å².